The highest BCUT2D eigenvalue weighted by molar-refractivity contribution is 7.47. The Morgan fingerprint density at radius 1 is 0.300 bits per heavy atom. The quantitative estimate of drug-likeness (QED) is 0.0169. The second-order valence-electron chi connectivity index (χ2n) is 24.5. The van der Waals surface area contributed by atoms with Crippen molar-refractivity contribution in [3.63, 3.8) is 0 Å². The average molecular weight is 1440 g/mol. The van der Waals surface area contributed by atoms with E-state index in [4.69, 9.17) is 37.0 Å². The van der Waals surface area contributed by atoms with Gasteiger partial charge in [0, 0.05) is 12.8 Å². The number of carbonyl (C=O) groups is 4. The number of esters is 4. The standard InChI is InChI=1S/C81H132O17P2/c1-5-9-13-17-21-25-29-32-35-36-37-38-41-43-47-50-54-58-62-66-79(84)92-72-77(98-81(86)68-64-60-56-52-48-44-40-34-31-27-23-19-15-11-7-3)74-96-100(89,90)94-70-75(82)69-93-99(87,88)95-73-76(97-80(85)67-63-59-55-51-45-28-24-20-16-12-8-4)71-91-78(83)65-61-57-53-49-46-42-39-33-30-26-22-18-14-10-6-2/h10-11,14-15,21-23,25-27,32-35,37-40,46,48-49,52,57,60-61,64,75-77,82H,5-9,12-13,16-20,24,28-31,36,41-45,47,50-51,53-56,58-59,62-63,65-74H2,1-4H3,(H,87,88)(H,89,90)/b14-10-,15-11-,25-21-,26-22-,27-23-,35-32-,38-37-,39-33-,40-34-,49-46-,52-48-,61-57-,64-60-. The van der Waals surface area contributed by atoms with E-state index in [1.807, 2.05) is 30.4 Å². The maximum atomic E-state index is 13.1. The highest BCUT2D eigenvalue weighted by Crippen LogP contribution is 2.45. The summed E-state index contributed by atoms with van der Waals surface area (Å²) in [6.07, 6.45) is 83.1. The molecule has 0 amide bonds. The maximum Gasteiger partial charge on any atom is 0.472 e. The normalized spacial score (nSPS) is 14.8. The molecule has 0 fully saturated rings. The van der Waals surface area contributed by atoms with Gasteiger partial charge in [-0.25, -0.2) is 9.13 Å². The summed E-state index contributed by atoms with van der Waals surface area (Å²) in [6.45, 7) is 4.34. The lowest BCUT2D eigenvalue weighted by Crippen LogP contribution is -2.30. The second kappa shape index (κ2) is 72.0. The largest absolute Gasteiger partial charge is 0.472 e. The summed E-state index contributed by atoms with van der Waals surface area (Å²) in [5, 5.41) is 10.6. The SMILES string of the molecule is CC/C=C\C/C=C\C/C=C\C/C=C\C/C=C\CC(=O)OCC(COP(=O)(O)OCC(O)COP(=O)(O)OCC(COC(=O)CCCCCCCC/C=C\C/C=C\C/C=C\CCCCC)OC(=O)C/C=C\C/C=C\C/C=C\C/C=C\C/C=C\CC)OC(=O)CCCCCCCCCCCCC. The van der Waals surface area contributed by atoms with Gasteiger partial charge in [-0.1, -0.05) is 288 Å². The van der Waals surface area contributed by atoms with Crippen molar-refractivity contribution in [2.75, 3.05) is 39.6 Å². The van der Waals surface area contributed by atoms with Crippen molar-refractivity contribution in [3.8, 4) is 0 Å². The Hall–Kier alpha value is -5.32. The van der Waals surface area contributed by atoms with Crippen LogP contribution < -0.4 is 0 Å². The third-order valence-electron chi connectivity index (χ3n) is 15.1. The molecule has 5 unspecified atom stereocenters. The van der Waals surface area contributed by atoms with Gasteiger partial charge in [0.05, 0.1) is 39.3 Å². The van der Waals surface area contributed by atoms with Crippen LogP contribution in [0.3, 0.4) is 0 Å². The Bertz CT molecular complexity index is 2520. The Morgan fingerprint density at radius 2 is 0.570 bits per heavy atom. The first kappa shape index (κ1) is 94.7. The minimum atomic E-state index is -5.01. The fraction of sp³-hybridized carbons (Fsp3) is 0.630. The van der Waals surface area contributed by atoms with E-state index in [2.05, 4.69) is 137 Å². The number of carbonyl (C=O) groups excluding carboxylic acids is 4. The van der Waals surface area contributed by atoms with Crippen molar-refractivity contribution >= 4 is 39.5 Å². The van der Waals surface area contributed by atoms with Gasteiger partial charge in [0.15, 0.2) is 12.2 Å². The van der Waals surface area contributed by atoms with Gasteiger partial charge in [-0.2, -0.15) is 0 Å². The summed E-state index contributed by atoms with van der Waals surface area (Å²) >= 11 is 0. The van der Waals surface area contributed by atoms with E-state index in [9.17, 15) is 43.2 Å². The van der Waals surface area contributed by atoms with Crippen molar-refractivity contribution < 1.29 is 80.2 Å². The lowest BCUT2D eigenvalue weighted by molar-refractivity contribution is -0.160. The summed E-state index contributed by atoms with van der Waals surface area (Å²) in [5.74, 6) is -2.50. The molecule has 19 heteroatoms. The summed E-state index contributed by atoms with van der Waals surface area (Å²) in [7, 11) is -10.0. The number of allylic oxidation sites excluding steroid dienone is 24. The third-order valence-corrected chi connectivity index (χ3v) is 17.0. The number of aliphatic hydroxyl groups excluding tert-OH is 1. The molecule has 3 N–H and O–H groups in total. The molecule has 0 spiro atoms. The molecule has 0 aliphatic carbocycles. The lowest BCUT2D eigenvalue weighted by Gasteiger charge is -2.21. The van der Waals surface area contributed by atoms with Gasteiger partial charge in [-0.15, -0.1) is 0 Å². The Balaban J connectivity index is 5.47. The minimum Gasteiger partial charge on any atom is -0.462 e. The molecule has 0 saturated carbocycles. The summed E-state index contributed by atoms with van der Waals surface area (Å²) in [6, 6.07) is 0. The molecular weight excluding hydrogens is 1310 g/mol. The topological polar surface area (TPSA) is 237 Å². The fourth-order valence-corrected chi connectivity index (χ4v) is 11.0. The predicted octanol–water partition coefficient (Wildman–Crippen LogP) is 21.7. The zero-order valence-electron chi connectivity index (χ0n) is 61.8. The molecule has 0 bridgehead atoms. The summed E-state index contributed by atoms with van der Waals surface area (Å²) in [4.78, 5) is 72.7. The highest BCUT2D eigenvalue weighted by atomic mass is 31.2. The maximum absolute atomic E-state index is 13.1. The number of ether oxygens (including phenoxy) is 4. The molecule has 0 aliphatic heterocycles. The van der Waals surface area contributed by atoms with Crippen LogP contribution >= 0.6 is 15.6 Å². The molecule has 0 aromatic rings. The monoisotopic (exact) mass is 1440 g/mol. The first-order chi connectivity index (χ1) is 48.7. The minimum absolute atomic E-state index is 0.0705. The molecule has 0 aliphatic rings. The van der Waals surface area contributed by atoms with Crippen molar-refractivity contribution in [1.29, 1.82) is 0 Å². The molecule has 0 radical (unpaired) electrons. The van der Waals surface area contributed by atoms with Gasteiger partial charge >= 0.3 is 39.5 Å². The van der Waals surface area contributed by atoms with Crippen LogP contribution in [-0.4, -0.2) is 96.7 Å². The van der Waals surface area contributed by atoms with Gasteiger partial charge in [-0.3, -0.25) is 37.3 Å². The summed E-state index contributed by atoms with van der Waals surface area (Å²) in [5.41, 5.74) is 0. The van der Waals surface area contributed by atoms with E-state index >= 15 is 0 Å². The van der Waals surface area contributed by atoms with Crippen LogP contribution in [-0.2, 0) is 65.4 Å². The van der Waals surface area contributed by atoms with E-state index in [-0.39, 0.29) is 25.7 Å². The van der Waals surface area contributed by atoms with Crippen LogP contribution in [0.4, 0.5) is 0 Å². The molecule has 17 nitrogen and oxygen atoms in total. The van der Waals surface area contributed by atoms with Crippen molar-refractivity contribution in [1.82, 2.24) is 0 Å². The van der Waals surface area contributed by atoms with Crippen molar-refractivity contribution in [2.45, 2.75) is 290 Å². The average Bonchev–Trinajstić information content (AvgIpc) is 0.945. The van der Waals surface area contributed by atoms with Crippen LogP contribution in [0, 0.1) is 0 Å². The molecule has 0 saturated heterocycles. The van der Waals surface area contributed by atoms with Crippen LogP contribution in [0.15, 0.2) is 158 Å². The number of phosphoric ester groups is 2. The van der Waals surface area contributed by atoms with Crippen molar-refractivity contribution in [3.05, 3.63) is 158 Å². The van der Waals surface area contributed by atoms with Crippen molar-refractivity contribution in [2.24, 2.45) is 0 Å². The first-order valence-corrected chi connectivity index (χ1v) is 40.7. The van der Waals surface area contributed by atoms with Crippen LogP contribution in [0.2, 0.25) is 0 Å². The molecule has 568 valence electrons. The highest BCUT2D eigenvalue weighted by Gasteiger charge is 2.30. The molecular formula is C81H132O17P2. The van der Waals surface area contributed by atoms with E-state index < -0.39 is 97.5 Å². The smallest absolute Gasteiger partial charge is 0.462 e. The second-order valence-corrected chi connectivity index (χ2v) is 27.4. The van der Waals surface area contributed by atoms with Gasteiger partial charge in [0.2, 0.25) is 0 Å². The first-order valence-electron chi connectivity index (χ1n) is 37.7. The molecule has 0 heterocycles. The van der Waals surface area contributed by atoms with Gasteiger partial charge < -0.3 is 33.8 Å². The Kier molecular flexibility index (Phi) is 68.2. The number of phosphoric acid groups is 2. The number of aliphatic hydroxyl groups is 1. The molecule has 0 aromatic carbocycles. The van der Waals surface area contributed by atoms with E-state index in [1.54, 1.807) is 18.2 Å². The molecule has 100 heavy (non-hydrogen) atoms. The predicted molar refractivity (Wildman–Crippen MR) is 408 cm³/mol. The van der Waals surface area contributed by atoms with E-state index in [0.29, 0.717) is 25.7 Å². The molecule has 0 rings (SSSR count). The third kappa shape index (κ3) is 71.1. The van der Waals surface area contributed by atoms with Gasteiger partial charge in [-0.05, 0) is 116 Å². The number of unbranched alkanes of at least 4 members (excludes halogenated alkanes) is 19. The lowest BCUT2D eigenvalue weighted by atomic mass is 10.1. The fourth-order valence-electron chi connectivity index (χ4n) is 9.37. The van der Waals surface area contributed by atoms with Crippen LogP contribution in [0.25, 0.3) is 0 Å². The van der Waals surface area contributed by atoms with Crippen LogP contribution in [0.5, 0.6) is 0 Å². The molecule has 5 atom stereocenters. The van der Waals surface area contributed by atoms with Gasteiger partial charge in [0.1, 0.15) is 19.3 Å². The number of hydrogen-bond donors (Lipinski definition) is 3. The van der Waals surface area contributed by atoms with Gasteiger partial charge in [0.25, 0.3) is 0 Å². The number of rotatable bonds is 69. The molecule has 0 aromatic heterocycles. The zero-order valence-corrected chi connectivity index (χ0v) is 63.6. The van der Waals surface area contributed by atoms with E-state index in [0.717, 1.165) is 135 Å². The zero-order chi connectivity index (χ0) is 73.2. The van der Waals surface area contributed by atoms with E-state index in [1.165, 1.54) is 57.8 Å². The Labute approximate surface area is 604 Å². The van der Waals surface area contributed by atoms with Crippen LogP contribution in [0.1, 0.15) is 272 Å². The Morgan fingerprint density at radius 3 is 0.950 bits per heavy atom. The number of hydrogen-bond acceptors (Lipinski definition) is 15. The summed E-state index contributed by atoms with van der Waals surface area (Å²) < 4.78 is 68.1.